The highest BCUT2D eigenvalue weighted by Gasteiger charge is 1.92. The highest BCUT2D eigenvalue weighted by atomic mass is 32.2. The largest absolute Gasteiger partial charge is 0.371 e. The van der Waals surface area contributed by atoms with Gasteiger partial charge in [-0.05, 0) is 13.3 Å². The van der Waals surface area contributed by atoms with Crippen LogP contribution < -0.4 is 5.32 Å². The van der Waals surface area contributed by atoms with Crippen LogP contribution in [0.25, 0.3) is 0 Å². The average molecular weight is 203 g/mol. The molecule has 0 bridgehead atoms. The maximum Gasteiger partial charge on any atom is 0.134 e. The molecule has 0 saturated carbocycles. The van der Waals surface area contributed by atoms with Gasteiger partial charge in [-0.15, -0.1) is 0 Å². The summed E-state index contributed by atoms with van der Waals surface area (Å²) in [5.74, 6) is 0.981. The molecule has 0 aliphatic carbocycles. The van der Waals surface area contributed by atoms with Gasteiger partial charge in [0.15, 0.2) is 0 Å². The summed E-state index contributed by atoms with van der Waals surface area (Å²) >= 11 is 6.78. The van der Waals surface area contributed by atoms with Gasteiger partial charge >= 0.3 is 0 Å². The van der Waals surface area contributed by atoms with Crippen LogP contribution in [0.2, 0.25) is 0 Å². The monoisotopic (exact) mass is 203 g/mol. The van der Waals surface area contributed by atoms with E-state index in [9.17, 15) is 0 Å². The molecule has 0 aliphatic rings. The molecule has 0 saturated heterocycles. The highest BCUT2D eigenvalue weighted by Crippen LogP contribution is 2.01. The van der Waals surface area contributed by atoms with Crippen LogP contribution in [-0.4, -0.2) is 16.6 Å². The average Bonchev–Trinajstić information content (AvgIpc) is 2.06. The van der Waals surface area contributed by atoms with Gasteiger partial charge < -0.3 is 5.32 Å². The Hall–Kier alpha value is -0.0200. The van der Waals surface area contributed by atoms with Crippen molar-refractivity contribution < 1.29 is 0 Å². The Labute approximate surface area is 85.0 Å². The van der Waals surface area contributed by atoms with E-state index in [0.717, 1.165) is 16.6 Å². The van der Waals surface area contributed by atoms with Gasteiger partial charge in [-0.1, -0.05) is 49.5 Å². The fourth-order valence-electron chi connectivity index (χ4n) is 0.638. The first-order valence-corrected chi connectivity index (χ1v) is 5.72. The zero-order chi connectivity index (χ0) is 9.23. The van der Waals surface area contributed by atoms with Crippen LogP contribution in [-0.2, 0) is 0 Å². The molecular formula is C9H17NS2. The van der Waals surface area contributed by atoms with E-state index in [1.165, 1.54) is 12.8 Å². The lowest BCUT2D eigenvalue weighted by Crippen LogP contribution is -2.19. The maximum atomic E-state index is 5.10. The number of thioether (sulfide) groups is 1. The van der Waals surface area contributed by atoms with Crippen molar-refractivity contribution in [1.82, 2.24) is 5.32 Å². The fraction of sp³-hybridized carbons (Fsp3) is 0.667. The predicted molar refractivity (Wildman–Crippen MR) is 62.8 cm³/mol. The van der Waals surface area contributed by atoms with E-state index in [1.807, 2.05) is 13.0 Å². The van der Waals surface area contributed by atoms with E-state index in [1.54, 1.807) is 11.8 Å². The van der Waals surface area contributed by atoms with E-state index >= 15 is 0 Å². The molecule has 0 unspecified atom stereocenters. The smallest absolute Gasteiger partial charge is 0.134 e. The second-order valence-corrected chi connectivity index (χ2v) is 4.14. The zero-order valence-corrected chi connectivity index (χ0v) is 9.43. The summed E-state index contributed by atoms with van der Waals surface area (Å²) in [7, 11) is 0. The third kappa shape index (κ3) is 8.08. The third-order valence-electron chi connectivity index (χ3n) is 1.35. The molecule has 0 aromatic heterocycles. The zero-order valence-electron chi connectivity index (χ0n) is 7.80. The summed E-state index contributed by atoms with van der Waals surface area (Å²) in [6.45, 7) is 5.21. The second-order valence-electron chi connectivity index (χ2n) is 2.45. The second kappa shape index (κ2) is 9.07. The van der Waals surface area contributed by atoms with Gasteiger partial charge in [-0.2, -0.15) is 0 Å². The molecule has 0 amide bonds. The normalized spacial score (nSPS) is 10.5. The molecule has 70 valence electrons. The summed E-state index contributed by atoms with van der Waals surface area (Å²) in [5, 5.41) is 3.20. The van der Waals surface area contributed by atoms with Gasteiger partial charge in [0.1, 0.15) is 4.32 Å². The van der Waals surface area contributed by atoms with Gasteiger partial charge in [-0.25, -0.2) is 0 Å². The molecule has 1 nitrogen and oxygen atoms in total. The number of hydrogen-bond acceptors (Lipinski definition) is 2. The minimum absolute atomic E-state index is 0.918. The molecule has 0 aliphatic heterocycles. The van der Waals surface area contributed by atoms with Gasteiger partial charge in [0, 0.05) is 12.3 Å². The van der Waals surface area contributed by atoms with Crippen molar-refractivity contribution in [2.75, 3.05) is 12.3 Å². The van der Waals surface area contributed by atoms with Crippen molar-refractivity contribution in [2.24, 2.45) is 0 Å². The molecule has 0 rings (SSSR count). The molecule has 3 heteroatoms. The minimum Gasteiger partial charge on any atom is -0.371 e. The van der Waals surface area contributed by atoms with Crippen molar-refractivity contribution in [3.05, 3.63) is 12.2 Å². The van der Waals surface area contributed by atoms with Crippen LogP contribution in [0, 0.1) is 0 Å². The molecule has 12 heavy (non-hydrogen) atoms. The summed E-state index contributed by atoms with van der Waals surface area (Å²) in [4.78, 5) is 0. The molecule has 0 spiro atoms. The van der Waals surface area contributed by atoms with Gasteiger partial charge in [0.25, 0.3) is 0 Å². The van der Waals surface area contributed by atoms with Crippen molar-refractivity contribution in [1.29, 1.82) is 0 Å². The lowest BCUT2D eigenvalue weighted by molar-refractivity contribution is 0.763. The summed E-state index contributed by atoms with van der Waals surface area (Å²) in [6, 6.07) is 0. The number of thiocarbonyl (C=S) groups is 1. The number of nitrogens with one attached hydrogen (secondary N) is 1. The number of allylic oxidation sites excluding steroid dienone is 1. The van der Waals surface area contributed by atoms with Crippen molar-refractivity contribution >= 4 is 28.3 Å². The Kier molecular flexibility index (Phi) is 9.06. The highest BCUT2D eigenvalue weighted by molar-refractivity contribution is 8.23. The Morgan fingerprint density at radius 3 is 2.92 bits per heavy atom. The van der Waals surface area contributed by atoms with E-state index in [-0.39, 0.29) is 0 Å². The minimum atomic E-state index is 0.918. The number of rotatable bonds is 5. The third-order valence-corrected chi connectivity index (χ3v) is 2.61. The predicted octanol–water partition coefficient (Wildman–Crippen LogP) is 2.97. The first-order valence-electron chi connectivity index (χ1n) is 4.33. The van der Waals surface area contributed by atoms with Crippen LogP contribution in [0.15, 0.2) is 12.2 Å². The Bertz CT molecular complexity index is 143. The lowest BCUT2D eigenvalue weighted by atomic mass is 10.3. The Balaban J connectivity index is 3.21. The van der Waals surface area contributed by atoms with E-state index in [0.29, 0.717) is 0 Å². The van der Waals surface area contributed by atoms with E-state index < -0.39 is 0 Å². The maximum absolute atomic E-state index is 5.10. The quantitative estimate of drug-likeness (QED) is 0.419. The molecule has 0 fully saturated rings. The van der Waals surface area contributed by atoms with E-state index in [2.05, 4.69) is 18.3 Å². The number of hydrogen-bond donors (Lipinski definition) is 1. The molecule has 0 atom stereocenters. The molecule has 0 aromatic rings. The first kappa shape index (κ1) is 12.0. The topological polar surface area (TPSA) is 12.0 Å². The summed E-state index contributed by atoms with van der Waals surface area (Å²) in [5.41, 5.74) is 0. The van der Waals surface area contributed by atoms with E-state index in [4.69, 9.17) is 12.2 Å². The Morgan fingerprint density at radius 2 is 2.33 bits per heavy atom. The van der Waals surface area contributed by atoms with Gasteiger partial charge in [-0.3, -0.25) is 0 Å². The molecule has 0 heterocycles. The lowest BCUT2D eigenvalue weighted by Gasteiger charge is -2.04. The molecule has 0 radical (unpaired) electrons. The SMILES string of the molecule is C/C=C/CSC(=S)NCCCC. The van der Waals surface area contributed by atoms with Crippen LogP contribution in [0.1, 0.15) is 26.7 Å². The summed E-state index contributed by atoms with van der Waals surface area (Å²) in [6.07, 6.45) is 6.57. The molecule has 1 N–H and O–H groups in total. The van der Waals surface area contributed by atoms with Gasteiger partial charge in [0.2, 0.25) is 0 Å². The van der Waals surface area contributed by atoms with Crippen LogP contribution in [0.5, 0.6) is 0 Å². The van der Waals surface area contributed by atoms with Crippen molar-refractivity contribution in [3.63, 3.8) is 0 Å². The standard InChI is InChI=1S/C9H17NS2/c1-3-5-7-10-9(11)12-8-6-4-2/h4,6H,3,5,7-8H2,1-2H3,(H,10,11)/b6-4+. The van der Waals surface area contributed by atoms with Gasteiger partial charge in [0.05, 0.1) is 0 Å². The Morgan fingerprint density at radius 1 is 1.58 bits per heavy atom. The van der Waals surface area contributed by atoms with Crippen LogP contribution in [0.4, 0.5) is 0 Å². The number of unbranched alkanes of at least 4 members (excludes halogenated alkanes) is 1. The van der Waals surface area contributed by atoms with Crippen molar-refractivity contribution in [3.8, 4) is 0 Å². The van der Waals surface area contributed by atoms with Crippen molar-refractivity contribution in [2.45, 2.75) is 26.7 Å². The molecular weight excluding hydrogens is 186 g/mol. The fourth-order valence-corrected chi connectivity index (χ4v) is 1.59. The van der Waals surface area contributed by atoms with Crippen LogP contribution >= 0.6 is 24.0 Å². The molecule has 0 aromatic carbocycles. The van der Waals surface area contributed by atoms with Crippen LogP contribution in [0.3, 0.4) is 0 Å². The first-order chi connectivity index (χ1) is 5.81. The summed E-state index contributed by atoms with van der Waals surface area (Å²) < 4.78 is 0.918.